The Hall–Kier alpha value is -3.88. The SMILES string of the molecule is CCOc1ccc(NC(=O)CCC(=O)OCC(=O)Nc2ccc(C(=O)OCC(C)C)cc2)cc1. The van der Waals surface area contributed by atoms with Gasteiger partial charge in [0.15, 0.2) is 6.61 Å². The molecule has 0 saturated carbocycles. The molecule has 0 saturated heterocycles. The van der Waals surface area contributed by atoms with Crippen LogP contribution in [0.15, 0.2) is 48.5 Å². The van der Waals surface area contributed by atoms with E-state index in [9.17, 15) is 19.2 Å². The van der Waals surface area contributed by atoms with Crippen molar-refractivity contribution in [3.8, 4) is 5.75 Å². The zero-order valence-corrected chi connectivity index (χ0v) is 19.6. The second kappa shape index (κ2) is 13.6. The lowest BCUT2D eigenvalue weighted by Crippen LogP contribution is -2.21. The fourth-order valence-electron chi connectivity index (χ4n) is 2.67. The standard InChI is InChI=1S/C25H30N2O7/c1-4-32-21-11-9-20(10-12-21)26-22(28)13-14-24(30)33-16-23(29)27-19-7-5-18(6-8-19)25(31)34-15-17(2)3/h5-12,17H,4,13-16H2,1-3H3,(H,26,28)(H,27,29). The topological polar surface area (TPSA) is 120 Å². The Balaban J connectivity index is 1.67. The van der Waals surface area contributed by atoms with Crippen LogP contribution in [0.5, 0.6) is 5.75 Å². The normalized spacial score (nSPS) is 10.4. The highest BCUT2D eigenvalue weighted by Gasteiger charge is 2.12. The molecule has 0 aliphatic heterocycles. The first-order valence-corrected chi connectivity index (χ1v) is 11.0. The average Bonchev–Trinajstić information content (AvgIpc) is 2.81. The van der Waals surface area contributed by atoms with Crippen molar-refractivity contribution >= 4 is 35.1 Å². The van der Waals surface area contributed by atoms with Gasteiger partial charge in [0.1, 0.15) is 5.75 Å². The predicted molar refractivity (Wildman–Crippen MR) is 127 cm³/mol. The van der Waals surface area contributed by atoms with Crippen LogP contribution in [0, 0.1) is 5.92 Å². The molecular formula is C25H30N2O7. The van der Waals surface area contributed by atoms with Crippen LogP contribution in [0.2, 0.25) is 0 Å². The lowest BCUT2D eigenvalue weighted by Gasteiger charge is -2.09. The summed E-state index contributed by atoms with van der Waals surface area (Å²) in [4.78, 5) is 47.8. The zero-order valence-electron chi connectivity index (χ0n) is 19.6. The molecule has 0 spiro atoms. The summed E-state index contributed by atoms with van der Waals surface area (Å²) in [6.07, 6.45) is -0.245. The fraction of sp³-hybridized carbons (Fsp3) is 0.360. The molecule has 182 valence electrons. The van der Waals surface area contributed by atoms with Gasteiger partial charge in [0.2, 0.25) is 5.91 Å². The van der Waals surface area contributed by atoms with Gasteiger partial charge >= 0.3 is 11.9 Å². The van der Waals surface area contributed by atoms with Crippen LogP contribution in [0.4, 0.5) is 11.4 Å². The minimum Gasteiger partial charge on any atom is -0.494 e. The van der Waals surface area contributed by atoms with E-state index in [4.69, 9.17) is 14.2 Å². The molecule has 0 radical (unpaired) electrons. The summed E-state index contributed by atoms with van der Waals surface area (Å²) in [6, 6.07) is 13.0. The predicted octanol–water partition coefficient (Wildman–Crippen LogP) is 3.80. The number of amides is 2. The van der Waals surface area contributed by atoms with Gasteiger partial charge in [-0.2, -0.15) is 0 Å². The molecular weight excluding hydrogens is 440 g/mol. The average molecular weight is 471 g/mol. The summed E-state index contributed by atoms with van der Waals surface area (Å²) in [5, 5.41) is 5.24. The maximum absolute atomic E-state index is 12.0. The number of anilines is 2. The van der Waals surface area contributed by atoms with E-state index >= 15 is 0 Å². The van der Waals surface area contributed by atoms with Crippen LogP contribution < -0.4 is 15.4 Å². The molecule has 0 heterocycles. The van der Waals surface area contributed by atoms with Crippen LogP contribution in [-0.2, 0) is 23.9 Å². The van der Waals surface area contributed by atoms with Gasteiger partial charge in [0.25, 0.3) is 5.91 Å². The van der Waals surface area contributed by atoms with E-state index in [2.05, 4.69) is 10.6 Å². The number of hydrogen-bond donors (Lipinski definition) is 2. The van der Waals surface area contributed by atoms with Gasteiger partial charge in [0.05, 0.1) is 25.2 Å². The third kappa shape index (κ3) is 9.72. The quantitative estimate of drug-likeness (QED) is 0.453. The Morgan fingerprint density at radius 3 is 1.97 bits per heavy atom. The van der Waals surface area contributed by atoms with E-state index in [1.807, 2.05) is 20.8 Å². The Kier molecular flexibility index (Phi) is 10.6. The molecule has 0 aromatic heterocycles. The molecule has 0 aliphatic rings. The van der Waals surface area contributed by atoms with Crippen molar-refractivity contribution in [3.63, 3.8) is 0 Å². The molecule has 2 amide bonds. The van der Waals surface area contributed by atoms with Crippen molar-refractivity contribution in [1.29, 1.82) is 0 Å². The van der Waals surface area contributed by atoms with Crippen molar-refractivity contribution < 1.29 is 33.4 Å². The molecule has 0 unspecified atom stereocenters. The minimum atomic E-state index is -0.666. The molecule has 34 heavy (non-hydrogen) atoms. The first kappa shape index (κ1) is 26.4. The maximum Gasteiger partial charge on any atom is 0.338 e. The van der Waals surface area contributed by atoms with Crippen molar-refractivity contribution in [3.05, 3.63) is 54.1 Å². The van der Waals surface area contributed by atoms with Gasteiger partial charge in [0, 0.05) is 17.8 Å². The van der Waals surface area contributed by atoms with Crippen molar-refractivity contribution in [2.75, 3.05) is 30.5 Å². The van der Waals surface area contributed by atoms with E-state index in [0.717, 1.165) is 0 Å². The number of carbonyl (C=O) groups is 4. The third-order valence-electron chi connectivity index (χ3n) is 4.32. The highest BCUT2D eigenvalue weighted by Crippen LogP contribution is 2.16. The lowest BCUT2D eigenvalue weighted by molar-refractivity contribution is -0.147. The maximum atomic E-state index is 12.0. The summed E-state index contributed by atoms with van der Waals surface area (Å²) in [5.41, 5.74) is 1.39. The zero-order chi connectivity index (χ0) is 24.9. The molecule has 0 aliphatic carbocycles. The van der Waals surface area contributed by atoms with E-state index in [1.165, 1.54) is 12.1 Å². The van der Waals surface area contributed by atoms with Crippen molar-refractivity contribution in [1.82, 2.24) is 0 Å². The number of rotatable bonds is 12. The Morgan fingerprint density at radius 2 is 1.38 bits per heavy atom. The number of esters is 2. The molecule has 0 atom stereocenters. The fourth-order valence-corrected chi connectivity index (χ4v) is 2.67. The molecule has 2 aromatic carbocycles. The largest absolute Gasteiger partial charge is 0.494 e. The molecule has 2 N–H and O–H groups in total. The van der Waals surface area contributed by atoms with E-state index in [1.54, 1.807) is 36.4 Å². The lowest BCUT2D eigenvalue weighted by atomic mass is 10.2. The molecule has 0 bridgehead atoms. The summed E-state index contributed by atoms with van der Waals surface area (Å²) < 4.78 is 15.4. The number of nitrogens with one attached hydrogen (secondary N) is 2. The number of hydrogen-bond acceptors (Lipinski definition) is 7. The van der Waals surface area contributed by atoms with E-state index < -0.39 is 24.5 Å². The van der Waals surface area contributed by atoms with Gasteiger partial charge in [-0.15, -0.1) is 0 Å². The summed E-state index contributed by atoms with van der Waals surface area (Å²) in [7, 11) is 0. The first-order valence-electron chi connectivity index (χ1n) is 11.0. The Morgan fingerprint density at radius 1 is 0.794 bits per heavy atom. The summed E-state index contributed by atoms with van der Waals surface area (Å²) >= 11 is 0. The highest BCUT2D eigenvalue weighted by molar-refractivity contribution is 5.95. The van der Waals surface area contributed by atoms with Gasteiger partial charge in [-0.25, -0.2) is 4.79 Å². The monoisotopic (exact) mass is 470 g/mol. The number of carbonyl (C=O) groups excluding carboxylic acids is 4. The van der Waals surface area contributed by atoms with Gasteiger partial charge in [-0.3, -0.25) is 14.4 Å². The molecule has 0 fully saturated rings. The first-order chi connectivity index (χ1) is 16.3. The summed E-state index contributed by atoms with van der Waals surface area (Å²) in [6.45, 7) is 6.15. The van der Waals surface area contributed by atoms with E-state index in [0.29, 0.717) is 35.9 Å². The van der Waals surface area contributed by atoms with Crippen LogP contribution >= 0.6 is 0 Å². The second-order valence-electron chi connectivity index (χ2n) is 7.78. The van der Waals surface area contributed by atoms with Gasteiger partial charge < -0.3 is 24.8 Å². The van der Waals surface area contributed by atoms with Crippen molar-refractivity contribution in [2.45, 2.75) is 33.6 Å². The van der Waals surface area contributed by atoms with Crippen LogP contribution in [-0.4, -0.2) is 43.6 Å². The highest BCUT2D eigenvalue weighted by atomic mass is 16.5. The van der Waals surface area contributed by atoms with Crippen LogP contribution in [0.3, 0.4) is 0 Å². The molecule has 9 heteroatoms. The summed E-state index contributed by atoms with van der Waals surface area (Å²) in [5.74, 6) is -1.06. The van der Waals surface area contributed by atoms with Crippen LogP contribution in [0.1, 0.15) is 44.0 Å². The number of benzene rings is 2. The molecule has 2 rings (SSSR count). The smallest absolute Gasteiger partial charge is 0.338 e. The second-order valence-corrected chi connectivity index (χ2v) is 7.78. The third-order valence-corrected chi connectivity index (χ3v) is 4.32. The Labute approximate surface area is 198 Å². The van der Waals surface area contributed by atoms with Gasteiger partial charge in [-0.05, 0) is 61.4 Å². The van der Waals surface area contributed by atoms with E-state index in [-0.39, 0.29) is 24.7 Å². The Bertz CT molecular complexity index is 970. The molecule has 9 nitrogen and oxygen atoms in total. The molecule has 2 aromatic rings. The van der Waals surface area contributed by atoms with Crippen molar-refractivity contribution in [2.24, 2.45) is 5.92 Å². The van der Waals surface area contributed by atoms with Gasteiger partial charge in [-0.1, -0.05) is 13.8 Å². The number of ether oxygens (including phenoxy) is 3. The minimum absolute atomic E-state index is 0.0813. The van der Waals surface area contributed by atoms with Crippen LogP contribution in [0.25, 0.3) is 0 Å².